The molecule has 0 saturated carbocycles. The minimum absolute atomic E-state index is 0.0486. The number of esters is 4. The Bertz CT molecular complexity index is 4770. The lowest BCUT2D eigenvalue weighted by Crippen LogP contribution is -2.51. The molecule has 0 aliphatic carbocycles. The highest BCUT2D eigenvalue weighted by molar-refractivity contribution is 5.95. The van der Waals surface area contributed by atoms with E-state index in [-0.39, 0.29) is 86.4 Å². The molecule has 8 aliphatic rings. The van der Waals surface area contributed by atoms with Gasteiger partial charge in [-0.15, -0.1) is 0 Å². The molecule has 108 heavy (non-hydrogen) atoms. The highest BCUT2D eigenvalue weighted by Gasteiger charge is 2.53. The topological polar surface area (TPSA) is 328 Å². The van der Waals surface area contributed by atoms with Crippen LogP contribution in [0.2, 0.25) is 0 Å². The Balaban J connectivity index is 0.551. The number of amides is 4. The van der Waals surface area contributed by atoms with Crippen molar-refractivity contribution in [3.8, 4) is 34.3 Å². The van der Waals surface area contributed by atoms with Gasteiger partial charge in [-0.2, -0.15) is 0 Å². The van der Waals surface area contributed by atoms with E-state index >= 15 is 0 Å². The van der Waals surface area contributed by atoms with E-state index in [0.29, 0.717) is 96.4 Å². The van der Waals surface area contributed by atoms with Crippen LogP contribution in [0.25, 0.3) is 44.6 Å². The number of carbonyl (C=O) groups excluding carboxylic acids is 9. The third-order valence-electron chi connectivity index (χ3n) is 23.5. The summed E-state index contributed by atoms with van der Waals surface area (Å²) in [6, 6.07) is 14.9. The third-order valence-corrected chi connectivity index (χ3v) is 23.5. The van der Waals surface area contributed by atoms with E-state index in [9.17, 15) is 52.7 Å². The number of fused-ring (bicyclic) bond motifs is 10. The number of Topliss-reactive ketones (excluding diaryl/α,β-unsaturated/α-hetero) is 1. The largest absolute Gasteiger partial charge is 0.457 e. The standard InChI is InChI=1S/C80H95N11O17/c1-7-51-53-36-49(105-76(101)88-32-24-47(25-33-88)86-28-13-11-14-29-86)20-22-61(53)84-70-55(51)43-90-63(70)38-59-57(72(90)97)45-103-74(99)79(59,9-3)107-68(95)41-81-66(93)19-17-18-65(92)78(5,6)83-40-67(94)82-42-69(96)108-80(10-4)60-39-64-71-56(44-91(64)73(98)58(60)46-104-75(80)100)52(8-2)54-37-50(21-23-62(54)85-71)106-77(102)89-34-26-48(27-35-89)87-30-15-12-16-31-87/h20-23,36-39,47-48,83H,7-19,24-35,40-46H2,1-6H3,(H,81,93)(H,82,94). The quantitative estimate of drug-likeness (QED) is 0.0433. The first-order valence-corrected chi connectivity index (χ1v) is 38.5. The summed E-state index contributed by atoms with van der Waals surface area (Å²) in [5.74, 6) is -4.65. The molecule has 4 saturated heterocycles. The van der Waals surface area contributed by atoms with E-state index in [1.165, 1.54) is 38.5 Å². The first-order valence-electron chi connectivity index (χ1n) is 38.5. The van der Waals surface area contributed by atoms with Crippen molar-refractivity contribution < 1.29 is 71.6 Å². The van der Waals surface area contributed by atoms with Crippen molar-refractivity contribution in [1.82, 2.24) is 54.7 Å². The van der Waals surface area contributed by atoms with E-state index in [1.54, 1.807) is 83.0 Å². The maximum absolute atomic E-state index is 14.5. The van der Waals surface area contributed by atoms with Gasteiger partial charge in [0.1, 0.15) is 37.8 Å². The lowest BCUT2D eigenvalue weighted by Gasteiger charge is -2.39. The normalized spacial score (nSPS) is 20.1. The maximum atomic E-state index is 14.5. The van der Waals surface area contributed by atoms with Crippen LogP contribution >= 0.6 is 0 Å². The van der Waals surface area contributed by atoms with Gasteiger partial charge in [0.25, 0.3) is 11.1 Å². The first kappa shape index (κ1) is 74.9. The molecule has 0 spiro atoms. The summed E-state index contributed by atoms with van der Waals surface area (Å²) in [6.07, 6.45) is 10.8. The van der Waals surface area contributed by atoms with Gasteiger partial charge >= 0.3 is 36.1 Å². The highest BCUT2D eigenvalue weighted by Crippen LogP contribution is 2.45. The Labute approximate surface area is 624 Å². The van der Waals surface area contributed by atoms with Crippen molar-refractivity contribution in [2.45, 2.75) is 206 Å². The van der Waals surface area contributed by atoms with Gasteiger partial charge in [0, 0.05) is 84.1 Å². The third kappa shape index (κ3) is 14.3. The van der Waals surface area contributed by atoms with E-state index in [4.69, 9.17) is 38.4 Å². The second kappa shape index (κ2) is 31.0. The number of cyclic esters (lactones) is 2. The average Bonchev–Trinajstić information content (AvgIpc) is 1.52. The highest BCUT2D eigenvalue weighted by atomic mass is 16.6. The van der Waals surface area contributed by atoms with Crippen LogP contribution < -0.4 is 36.5 Å². The monoisotopic (exact) mass is 1480 g/mol. The van der Waals surface area contributed by atoms with Crippen molar-refractivity contribution in [3.05, 3.63) is 114 Å². The number of ketones is 1. The van der Waals surface area contributed by atoms with Gasteiger partial charge in [-0.05, 0) is 183 Å². The molecule has 572 valence electrons. The van der Waals surface area contributed by atoms with E-state index in [1.807, 2.05) is 26.0 Å². The minimum Gasteiger partial charge on any atom is -0.457 e. The van der Waals surface area contributed by atoms with Gasteiger partial charge in [-0.3, -0.25) is 38.9 Å². The number of pyridine rings is 4. The number of hydrogen-bond acceptors (Lipinski definition) is 22. The number of likely N-dealkylation sites (tertiary alicyclic amines) is 4. The second-order valence-electron chi connectivity index (χ2n) is 30.2. The maximum Gasteiger partial charge on any atom is 0.415 e. The predicted octanol–water partition coefficient (Wildman–Crippen LogP) is 7.64. The molecule has 2 aromatic carbocycles. The Morgan fingerprint density at radius 3 is 1.37 bits per heavy atom. The molecule has 4 amide bonds. The van der Waals surface area contributed by atoms with Crippen LogP contribution in [0.1, 0.15) is 182 Å². The Hall–Kier alpha value is -9.93. The van der Waals surface area contributed by atoms with Crippen LogP contribution in [0.4, 0.5) is 9.59 Å². The van der Waals surface area contributed by atoms with Gasteiger partial charge < -0.3 is 67.8 Å². The number of nitrogens with one attached hydrogen (secondary N) is 3. The number of aromatic nitrogens is 4. The van der Waals surface area contributed by atoms with Gasteiger partial charge in [0.15, 0.2) is 5.78 Å². The van der Waals surface area contributed by atoms with Crippen LogP contribution in [-0.2, 0) is 103 Å². The van der Waals surface area contributed by atoms with Crippen LogP contribution in [0.3, 0.4) is 0 Å². The van der Waals surface area contributed by atoms with E-state index in [2.05, 4.69) is 25.8 Å². The number of rotatable bonds is 22. The number of carbonyl (C=O) groups is 9. The molecule has 0 bridgehead atoms. The van der Waals surface area contributed by atoms with Crippen molar-refractivity contribution >= 4 is 75.5 Å². The SMILES string of the molecule is CCc1c2c(nc3ccc(OC(=O)N4CCC(N5CCCCC5)CC4)cc13)-c1cc3c(c(=O)n1C2)COC(=O)C3(CC)OC(=O)CNC(=O)CCCC(=O)C(C)(C)NCC(=O)NCC(=O)OC1(CC)C(=O)OCc2c1cc1n(c2=O)Cc2c-1nc1ccc(OC(=O)N3CCC(N4CCCCC4)CC3)cc1c2CC. The van der Waals surface area contributed by atoms with Crippen LogP contribution in [0.5, 0.6) is 11.5 Å². The predicted molar refractivity (Wildman–Crippen MR) is 395 cm³/mol. The summed E-state index contributed by atoms with van der Waals surface area (Å²) in [4.78, 5) is 170. The van der Waals surface area contributed by atoms with E-state index < -0.39 is 95.4 Å². The van der Waals surface area contributed by atoms with Crippen molar-refractivity contribution in [2.24, 2.45) is 0 Å². The fourth-order valence-electron chi connectivity index (χ4n) is 17.3. The molecule has 28 nitrogen and oxygen atoms in total. The molecule has 3 N–H and O–H groups in total. The van der Waals surface area contributed by atoms with Gasteiger partial charge in [0.05, 0.1) is 70.1 Å². The number of aryl methyl sites for hydroxylation is 2. The number of nitrogens with zero attached hydrogens (tertiary/aromatic N) is 8. The van der Waals surface area contributed by atoms with Crippen molar-refractivity contribution in [1.29, 1.82) is 0 Å². The number of piperidine rings is 4. The molecule has 14 rings (SSSR count). The molecule has 4 fully saturated rings. The molecule has 4 aromatic heterocycles. The van der Waals surface area contributed by atoms with Crippen molar-refractivity contribution in [3.63, 3.8) is 0 Å². The summed E-state index contributed by atoms with van der Waals surface area (Å²) in [5, 5.41) is 9.41. The minimum atomic E-state index is -2.06. The van der Waals surface area contributed by atoms with Crippen molar-refractivity contribution in [2.75, 3.05) is 72.0 Å². The summed E-state index contributed by atoms with van der Waals surface area (Å²) in [5.41, 5.74) is 0.729. The average molecular weight is 1480 g/mol. The Morgan fingerprint density at radius 2 is 0.954 bits per heavy atom. The van der Waals surface area contributed by atoms with Gasteiger partial charge in [-0.1, -0.05) is 40.5 Å². The fourth-order valence-corrected chi connectivity index (χ4v) is 17.3. The zero-order valence-corrected chi connectivity index (χ0v) is 62.4. The van der Waals surface area contributed by atoms with Crippen LogP contribution in [0.15, 0.2) is 58.1 Å². The molecular weight excluding hydrogens is 1390 g/mol. The molecule has 28 heteroatoms. The van der Waals surface area contributed by atoms with Crippen LogP contribution in [0, 0.1) is 0 Å². The molecular formula is C80H95N11O17. The Morgan fingerprint density at radius 1 is 0.528 bits per heavy atom. The smallest absolute Gasteiger partial charge is 0.415 e. The summed E-state index contributed by atoms with van der Waals surface area (Å²) in [6.45, 7) is 15.1. The summed E-state index contributed by atoms with van der Waals surface area (Å²) >= 11 is 0. The molecule has 12 heterocycles. The lowest BCUT2D eigenvalue weighted by atomic mass is 9.85. The van der Waals surface area contributed by atoms with Gasteiger partial charge in [-0.25, -0.2) is 29.1 Å². The second-order valence-corrected chi connectivity index (χ2v) is 30.2. The molecule has 0 radical (unpaired) electrons. The first-order chi connectivity index (χ1) is 52.0. The number of hydrogen-bond donors (Lipinski definition) is 3. The molecule has 2 unspecified atom stereocenters. The summed E-state index contributed by atoms with van der Waals surface area (Å²) < 4.78 is 38.1. The molecule has 2 atom stereocenters. The zero-order chi connectivity index (χ0) is 75.9. The number of benzene rings is 2. The Kier molecular flexibility index (Phi) is 21.5. The number of ether oxygens (including phenoxy) is 6. The lowest BCUT2D eigenvalue weighted by molar-refractivity contribution is -0.189. The molecule has 8 aliphatic heterocycles. The van der Waals surface area contributed by atoms with Crippen LogP contribution in [-0.4, -0.2) is 182 Å². The molecule has 6 aromatic rings. The van der Waals surface area contributed by atoms with E-state index in [0.717, 1.165) is 84.9 Å². The zero-order valence-electron chi connectivity index (χ0n) is 62.4. The summed E-state index contributed by atoms with van der Waals surface area (Å²) in [7, 11) is 0. The fraction of sp³-hybridized carbons (Fsp3) is 0.537. The van der Waals surface area contributed by atoms with Gasteiger partial charge in [0.2, 0.25) is 23.0 Å².